The number of anilines is 1. The van der Waals surface area contributed by atoms with Crippen molar-refractivity contribution in [3.05, 3.63) is 50.4 Å². The molecular weight excluding hydrogens is 315 g/mol. The van der Waals surface area contributed by atoms with Gasteiger partial charge in [-0.05, 0) is 34.1 Å². The van der Waals surface area contributed by atoms with E-state index < -0.39 is 17.5 Å². The summed E-state index contributed by atoms with van der Waals surface area (Å²) < 4.78 is 39.8. The van der Waals surface area contributed by atoms with Gasteiger partial charge in [0.25, 0.3) is 0 Å². The molecule has 0 atom stereocenters. The highest BCUT2D eigenvalue weighted by Gasteiger charge is 2.12. The summed E-state index contributed by atoms with van der Waals surface area (Å²) in [5, 5.41) is 4.61. The van der Waals surface area contributed by atoms with Crippen LogP contribution in [0.2, 0.25) is 0 Å². The molecular formula is C11H7BrF3NS. The molecule has 0 saturated heterocycles. The first-order chi connectivity index (χ1) is 8.08. The highest BCUT2D eigenvalue weighted by molar-refractivity contribution is 9.10. The van der Waals surface area contributed by atoms with Gasteiger partial charge in [0, 0.05) is 21.3 Å². The Morgan fingerprint density at radius 1 is 1.18 bits per heavy atom. The molecule has 0 unspecified atom stereocenters. The van der Waals surface area contributed by atoms with Crippen LogP contribution in [0.1, 0.15) is 4.88 Å². The van der Waals surface area contributed by atoms with Crippen LogP contribution in [0.25, 0.3) is 0 Å². The lowest BCUT2D eigenvalue weighted by Crippen LogP contribution is -2.02. The van der Waals surface area contributed by atoms with Gasteiger partial charge in [0.15, 0.2) is 17.5 Å². The smallest absolute Gasteiger partial charge is 0.196 e. The Hall–Kier alpha value is -1.01. The van der Waals surface area contributed by atoms with Gasteiger partial charge in [0.05, 0.1) is 5.69 Å². The summed E-state index contributed by atoms with van der Waals surface area (Å²) in [7, 11) is 0. The minimum Gasteiger partial charge on any atom is -0.378 e. The molecule has 0 saturated carbocycles. The van der Waals surface area contributed by atoms with Gasteiger partial charge in [-0.2, -0.15) is 0 Å². The van der Waals surface area contributed by atoms with E-state index >= 15 is 0 Å². The highest BCUT2D eigenvalue weighted by Crippen LogP contribution is 2.23. The molecule has 0 spiro atoms. The van der Waals surface area contributed by atoms with Crippen molar-refractivity contribution in [3.63, 3.8) is 0 Å². The summed E-state index contributed by atoms with van der Waals surface area (Å²) in [6.07, 6.45) is 0. The zero-order chi connectivity index (χ0) is 12.4. The fraction of sp³-hybridized carbons (Fsp3) is 0.0909. The van der Waals surface area contributed by atoms with E-state index in [0.717, 1.165) is 15.4 Å². The Morgan fingerprint density at radius 2 is 1.94 bits per heavy atom. The molecule has 90 valence electrons. The summed E-state index contributed by atoms with van der Waals surface area (Å²) in [6.45, 7) is 0.359. The third kappa shape index (κ3) is 2.81. The van der Waals surface area contributed by atoms with Crippen molar-refractivity contribution >= 4 is 33.0 Å². The minimum atomic E-state index is -1.46. The molecule has 1 N–H and O–H groups in total. The van der Waals surface area contributed by atoms with E-state index in [2.05, 4.69) is 21.2 Å². The van der Waals surface area contributed by atoms with Crippen molar-refractivity contribution in [2.75, 3.05) is 5.32 Å². The van der Waals surface area contributed by atoms with E-state index in [4.69, 9.17) is 0 Å². The molecule has 2 rings (SSSR count). The van der Waals surface area contributed by atoms with E-state index in [-0.39, 0.29) is 5.69 Å². The molecule has 1 nitrogen and oxygen atoms in total. The lowest BCUT2D eigenvalue weighted by molar-refractivity contribution is 0.449. The van der Waals surface area contributed by atoms with Gasteiger partial charge >= 0.3 is 0 Å². The number of halogens is 4. The SMILES string of the molecule is Fc1ccc(NCc2cc(Br)cs2)c(F)c1F. The first kappa shape index (κ1) is 12.4. The van der Waals surface area contributed by atoms with Gasteiger partial charge in [-0.15, -0.1) is 11.3 Å². The van der Waals surface area contributed by atoms with Crippen LogP contribution in [-0.4, -0.2) is 0 Å². The average molecular weight is 322 g/mol. The van der Waals surface area contributed by atoms with E-state index in [1.807, 2.05) is 11.4 Å². The predicted molar refractivity (Wildman–Crippen MR) is 65.7 cm³/mol. The molecule has 0 radical (unpaired) electrons. The largest absolute Gasteiger partial charge is 0.378 e. The molecule has 17 heavy (non-hydrogen) atoms. The maximum Gasteiger partial charge on any atom is 0.196 e. The van der Waals surface area contributed by atoms with Gasteiger partial charge in [-0.3, -0.25) is 0 Å². The minimum absolute atomic E-state index is 0.0478. The lowest BCUT2D eigenvalue weighted by Gasteiger charge is -2.06. The van der Waals surface area contributed by atoms with Gasteiger partial charge in [-0.1, -0.05) is 0 Å². The lowest BCUT2D eigenvalue weighted by atomic mass is 10.2. The Balaban J connectivity index is 2.12. The van der Waals surface area contributed by atoms with Crippen LogP contribution < -0.4 is 5.32 Å². The summed E-state index contributed by atoms with van der Waals surface area (Å²) >= 11 is 4.78. The van der Waals surface area contributed by atoms with Crippen LogP contribution in [0.4, 0.5) is 18.9 Å². The maximum absolute atomic E-state index is 13.3. The first-order valence-corrected chi connectivity index (χ1v) is 6.35. The third-order valence-corrected chi connectivity index (χ3v) is 3.81. The van der Waals surface area contributed by atoms with E-state index in [9.17, 15) is 13.2 Å². The molecule has 1 aromatic carbocycles. The molecule has 0 aliphatic carbocycles. The van der Waals surface area contributed by atoms with Crippen molar-refractivity contribution in [1.82, 2.24) is 0 Å². The summed E-state index contributed by atoms with van der Waals surface area (Å²) in [4.78, 5) is 0.959. The molecule has 1 aromatic heterocycles. The maximum atomic E-state index is 13.3. The summed E-state index contributed by atoms with van der Waals surface area (Å²) in [6, 6.07) is 3.94. The molecule has 0 fully saturated rings. The van der Waals surface area contributed by atoms with E-state index in [1.165, 1.54) is 17.4 Å². The monoisotopic (exact) mass is 321 g/mol. The van der Waals surface area contributed by atoms with Gasteiger partial charge in [0.1, 0.15) is 0 Å². The van der Waals surface area contributed by atoms with Gasteiger partial charge in [-0.25, -0.2) is 13.2 Å². The molecule has 1 heterocycles. The van der Waals surface area contributed by atoms with Crippen LogP contribution >= 0.6 is 27.3 Å². The normalized spacial score (nSPS) is 10.6. The van der Waals surface area contributed by atoms with Crippen LogP contribution in [0.3, 0.4) is 0 Å². The quantitative estimate of drug-likeness (QED) is 0.818. The number of nitrogens with one attached hydrogen (secondary N) is 1. The van der Waals surface area contributed by atoms with Crippen molar-refractivity contribution in [1.29, 1.82) is 0 Å². The van der Waals surface area contributed by atoms with Crippen molar-refractivity contribution in [2.45, 2.75) is 6.54 Å². The van der Waals surface area contributed by atoms with Crippen LogP contribution in [0.15, 0.2) is 28.1 Å². The Bertz CT molecular complexity index is 542. The second-order valence-electron chi connectivity index (χ2n) is 3.31. The van der Waals surface area contributed by atoms with Crippen LogP contribution in [0.5, 0.6) is 0 Å². The third-order valence-electron chi connectivity index (χ3n) is 2.11. The Kier molecular flexibility index (Phi) is 3.73. The fourth-order valence-electron chi connectivity index (χ4n) is 1.29. The first-order valence-electron chi connectivity index (χ1n) is 4.68. The highest BCUT2D eigenvalue weighted by atomic mass is 79.9. The number of thiophene rings is 1. The molecule has 0 bridgehead atoms. The molecule has 2 aromatic rings. The zero-order valence-electron chi connectivity index (χ0n) is 8.44. The second kappa shape index (κ2) is 5.10. The number of benzene rings is 1. The van der Waals surface area contributed by atoms with E-state index in [0.29, 0.717) is 6.54 Å². The second-order valence-corrected chi connectivity index (χ2v) is 5.22. The molecule has 0 aliphatic rings. The standard InChI is InChI=1S/C11H7BrF3NS/c12-6-3-7(17-5-6)4-16-9-2-1-8(13)10(14)11(9)15/h1-3,5,16H,4H2. The molecule has 0 aliphatic heterocycles. The topological polar surface area (TPSA) is 12.0 Å². The van der Waals surface area contributed by atoms with Crippen molar-refractivity contribution < 1.29 is 13.2 Å². The van der Waals surface area contributed by atoms with E-state index in [1.54, 1.807) is 0 Å². The van der Waals surface area contributed by atoms with Crippen molar-refractivity contribution in [3.8, 4) is 0 Å². The van der Waals surface area contributed by atoms with Gasteiger partial charge < -0.3 is 5.32 Å². The number of rotatable bonds is 3. The predicted octanol–water partition coefficient (Wildman–Crippen LogP) is 4.54. The van der Waals surface area contributed by atoms with Crippen LogP contribution in [-0.2, 0) is 6.54 Å². The average Bonchev–Trinajstić information content (AvgIpc) is 2.71. The van der Waals surface area contributed by atoms with Gasteiger partial charge in [0.2, 0.25) is 0 Å². The van der Waals surface area contributed by atoms with Crippen LogP contribution in [0, 0.1) is 17.5 Å². The number of hydrogen-bond acceptors (Lipinski definition) is 2. The molecule has 6 heteroatoms. The fourth-order valence-corrected chi connectivity index (χ4v) is 2.68. The Morgan fingerprint density at radius 3 is 2.59 bits per heavy atom. The summed E-state index contributed by atoms with van der Waals surface area (Å²) in [5.74, 6) is -3.84. The number of hydrogen-bond donors (Lipinski definition) is 1. The molecule has 0 amide bonds. The Labute approximate surface area is 108 Å². The zero-order valence-corrected chi connectivity index (χ0v) is 10.8. The summed E-state index contributed by atoms with van der Waals surface area (Å²) in [5.41, 5.74) is -0.0478. The van der Waals surface area contributed by atoms with Crippen molar-refractivity contribution in [2.24, 2.45) is 0 Å².